The number of aromatic nitrogens is 2. The molecule has 0 unspecified atom stereocenters. The number of carbonyl (C=O) groups is 1. The van der Waals surface area contributed by atoms with E-state index >= 15 is 0 Å². The minimum Gasteiger partial charge on any atom is -0.395 e. The number of amides is 1. The van der Waals surface area contributed by atoms with E-state index in [2.05, 4.69) is 10.3 Å². The Balaban J connectivity index is 1.75. The Hall–Kier alpha value is -1.87. The summed E-state index contributed by atoms with van der Waals surface area (Å²) in [5, 5.41) is 14.8. The fourth-order valence-electron chi connectivity index (χ4n) is 2.19. The Morgan fingerprint density at radius 3 is 2.80 bits per heavy atom. The molecule has 130 valence electrons. The van der Waals surface area contributed by atoms with Gasteiger partial charge in [-0.2, -0.15) is 0 Å². The summed E-state index contributed by atoms with van der Waals surface area (Å²) >= 11 is 8.28. The van der Waals surface area contributed by atoms with E-state index in [4.69, 9.17) is 11.6 Å². The van der Waals surface area contributed by atoms with E-state index < -0.39 is 0 Å². The number of aliphatic hydroxyl groups is 1. The molecule has 1 amide bonds. The average molecular weight is 396 g/mol. The van der Waals surface area contributed by atoms with Gasteiger partial charge in [-0.25, -0.2) is 4.98 Å². The second-order valence-electron chi connectivity index (χ2n) is 5.05. The Bertz CT molecular complexity index is 953. The van der Waals surface area contributed by atoms with Crippen molar-refractivity contribution >= 4 is 56.5 Å². The van der Waals surface area contributed by atoms with Crippen LogP contribution in [0.5, 0.6) is 0 Å². The first-order valence-electron chi connectivity index (χ1n) is 7.35. The summed E-state index contributed by atoms with van der Waals surface area (Å²) in [6.45, 7) is -0.0379. The molecule has 2 aromatic heterocycles. The van der Waals surface area contributed by atoms with Crippen LogP contribution in [0.3, 0.4) is 0 Å². The molecule has 3 rings (SSSR count). The lowest BCUT2D eigenvalue weighted by atomic mass is 10.3. The molecule has 0 saturated heterocycles. The van der Waals surface area contributed by atoms with Gasteiger partial charge in [0.15, 0.2) is 5.16 Å². The van der Waals surface area contributed by atoms with Crippen LogP contribution in [-0.4, -0.2) is 32.9 Å². The summed E-state index contributed by atoms with van der Waals surface area (Å²) in [5.41, 5.74) is 1.04. The number of carbonyl (C=O) groups excluding carboxylic acids is 1. The number of anilines is 1. The third kappa shape index (κ3) is 4.21. The summed E-state index contributed by atoms with van der Waals surface area (Å²) in [5.74, 6) is -0.126. The fourth-order valence-corrected chi connectivity index (χ4v) is 3.92. The number of benzene rings is 1. The summed E-state index contributed by atoms with van der Waals surface area (Å²) < 4.78 is 1.95. The van der Waals surface area contributed by atoms with Gasteiger partial charge >= 0.3 is 0 Å². The van der Waals surface area contributed by atoms with Gasteiger partial charge in [-0.1, -0.05) is 23.4 Å². The molecule has 0 radical (unpaired) electrons. The van der Waals surface area contributed by atoms with Crippen LogP contribution in [0.2, 0.25) is 5.02 Å². The first-order valence-corrected chi connectivity index (χ1v) is 9.60. The van der Waals surface area contributed by atoms with Gasteiger partial charge in [0.1, 0.15) is 4.70 Å². The van der Waals surface area contributed by atoms with Crippen LogP contribution in [0.1, 0.15) is 0 Å². The zero-order valence-corrected chi connectivity index (χ0v) is 15.3. The summed E-state index contributed by atoms with van der Waals surface area (Å²) in [6, 6.07) is 8.57. The standard InChI is InChI=1S/C16H14ClN3O3S2/c17-10-1-3-11(4-2-10)18-13(22)9-25-16-19-12-5-8-24-14(12)15(23)20(16)6-7-21/h1-5,8,21H,6-7,9H2,(H,18,22). The largest absolute Gasteiger partial charge is 0.395 e. The Morgan fingerprint density at radius 2 is 2.08 bits per heavy atom. The topological polar surface area (TPSA) is 84.2 Å². The average Bonchev–Trinajstić information content (AvgIpc) is 3.07. The minimum atomic E-state index is -0.220. The van der Waals surface area contributed by atoms with Gasteiger partial charge in [0.05, 0.1) is 24.4 Å². The van der Waals surface area contributed by atoms with Gasteiger partial charge in [-0.05, 0) is 35.7 Å². The molecular weight excluding hydrogens is 382 g/mol. The smallest absolute Gasteiger partial charge is 0.272 e. The van der Waals surface area contributed by atoms with Gasteiger partial charge in [0.25, 0.3) is 5.56 Å². The molecule has 9 heteroatoms. The zero-order chi connectivity index (χ0) is 17.8. The lowest BCUT2D eigenvalue weighted by Gasteiger charge is -2.10. The van der Waals surface area contributed by atoms with E-state index in [-0.39, 0.29) is 30.4 Å². The fraction of sp³-hybridized carbons (Fsp3) is 0.188. The summed E-state index contributed by atoms with van der Waals surface area (Å²) in [4.78, 5) is 29.0. The summed E-state index contributed by atoms with van der Waals surface area (Å²) in [6.07, 6.45) is 0. The molecule has 0 atom stereocenters. The van der Waals surface area contributed by atoms with Crippen LogP contribution in [0.15, 0.2) is 45.7 Å². The number of halogens is 1. The number of nitrogens with one attached hydrogen (secondary N) is 1. The van der Waals surface area contributed by atoms with Crippen LogP contribution in [0, 0.1) is 0 Å². The predicted molar refractivity (Wildman–Crippen MR) is 102 cm³/mol. The molecule has 25 heavy (non-hydrogen) atoms. The van der Waals surface area contributed by atoms with Crippen molar-refractivity contribution in [2.45, 2.75) is 11.7 Å². The van der Waals surface area contributed by atoms with Crippen molar-refractivity contribution in [2.75, 3.05) is 17.7 Å². The van der Waals surface area contributed by atoms with Crippen molar-refractivity contribution in [3.05, 3.63) is 51.1 Å². The van der Waals surface area contributed by atoms with E-state index in [9.17, 15) is 14.7 Å². The predicted octanol–water partition coefficient (Wildman–Crippen LogP) is 2.83. The zero-order valence-electron chi connectivity index (χ0n) is 12.9. The van der Waals surface area contributed by atoms with Crippen molar-refractivity contribution in [3.63, 3.8) is 0 Å². The molecular formula is C16H14ClN3O3S2. The second-order valence-corrected chi connectivity index (χ2v) is 7.35. The Kier molecular flexibility index (Phi) is 5.74. The van der Waals surface area contributed by atoms with Crippen molar-refractivity contribution in [2.24, 2.45) is 0 Å². The maximum Gasteiger partial charge on any atom is 0.272 e. The normalized spacial score (nSPS) is 11.0. The maximum absolute atomic E-state index is 12.5. The number of fused-ring (bicyclic) bond motifs is 1. The van der Waals surface area contributed by atoms with Gasteiger partial charge in [0.2, 0.25) is 5.91 Å². The molecule has 2 N–H and O–H groups in total. The highest BCUT2D eigenvalue weighted by atomic mass is 35.5. The molecule has 0 spiro atoms. The van der Waals surface area contributed by atoms with E-state index in [1.807, 2.05) is 0 Å². The molecule has 3 aromatic rings. The van der Waals surface area contributed by atoms with Crippen molar-refractivity contribution < 1.29 is 9.90 Å². The first kappa shape index (κ1) is 17.9. The first-order chi connectivity index (χ1) is 12.1. The number of thioether (sulfide) groups is 1. The number of hydrogen-bond donors (Lipinski definition) is 2. The number of aliphatic hydroxyl groups excluding tert-OH is 1. The molecule has 0 bridgehead atoms. The molecule has 0 aliphatic rings. The quantitative estimate of drug-likeness (QED) is 0.495. The van der Waals surface area contributed by atoms with Crippen molar-refractivity contribution in [1.29, 1.82) is 0 Å². The van der Waals surface area contributed by atoms with E-state index in [0.717, 1.165) is 11.8 Å². The highest BCUT2D eigenvalue weighted by molar-refractivity contribution is 7.99. The molecule has 0 saturated carbocycles. The SMILES string of the molecule is O=C(CSc1nc2ccsc2c(=O)n1CCO)Nc1ccc(Cl)cc1. The molecule has 2 heterocycles. The monoisotopic (exact) mass is 395 g/mol. The Morgan fingerprint density at radius 1 is 1.32 bits per heavy atom. The number of nitrogens with zero attached hydrogens (tertiary/aromatic N) is 2. The highest BCUT2D eigenvalue weighted by Crippen LogP contribution is 2.21. The van der Waals surface area contributed by atoms with Gasteiger partial charge in [0, 0.05) is 10.7 Å². The van der Waals surface area contributed by atoms with Gasteiger partial charge in [-0.3, -0.25) is 14.2 Å². The molecule has 0 aliphatic heterocycles. The van der Waals surface area contributed by atoms with Crippen molar-refractivity contribution in [3.8, 4) is 0 Å². The molecule has 0 fully saturated rings. The van der Waals surface area contributed by atoms with Crippen molar-refractivity contribution in [1.82, 2.24) is 9.55 Å². The number of rotatable bonds is 6. The minimum absolute atomic E-state index is 0.0934. The molecule has 0 aliphatic carbocycles. The maximum atomic E-state index is 12.5. The van der Waals surface area contributed by atoms with Crippen LogP contribution in [0.4, 0.5) is 5.69 Å². The lowest BCUT2D eigenvalue weighted by molar-refractivity contribution is -0.113. The number of hydrogen-bond acceptors (Lipinski definition) is 6. The molecule has 1 aromatic carbocycles. The molecule has 6 nitrogen and oxygen atoms in total. The van der Waals surface area contributed by atoms with Crippen LogP contribution >= 0.6 is 34.7 Å². The number of thiophene rings is 1. The van der Waals surface area contributed by atoms with Gasteiger partial charge in [-0.15, -0.1) is 11.3 Å². The Labute approximate surface area is 156 Å². The highest BCUT2D eigenvalue weighted by Gasteiger charge is 2.14. The lowest BCUT2D eigenvalue weighted by Crippen LogP contribution is -2.25. The van der Waals surface area contributed by atoms with Crippen LogP contribution < -0.4 is 10.9 Å². The van der Waals surface area contributed by atoms with Crippen LogP contribution in [0.25, 0.3) is 10.2 Å². The second kappa shape index (κ2) is 8.01. The summed E-state index contributed by atoms with van der Waals surface area (Å²) in [7, 11) is 0. The van der Waals surface area contributed by atoms with Crippen LogP contribution in [-0.2, 0) is 11.3 Å². The van der Waals surface area contributed by atoms with E-state index in [1.54, 1.807) is 35.7 Å². The van der Waals surface area contributed by atoms with E-state index in [0.29, 0.717) is 26.1 Å². The van der Waals surface area contributed by atoms with Gasteiger partial charge < -0.3 is 10.4 Å². The third-order valence-corrected chi connectivity index (χ3v) is 5.43. The third-order valence-electron chi connectivity index (χ3n) is 3.31. The van der Waals surface area contributed by atoms with E-state index in [1.165, 1.54) is 15.9 Å².